The van der Waals surface area contributed by atoms with Crippen molar-refractivity contribution in [2.45, 2.75) is 12.3 Å². The van der Waals surface area contributed by atoms with E-state index >= 15 is 0 Å². The molecule has 0 radical (unpaired) electrons. The fourth-order valence-electron chi connectivity index (χ4n) is 3.60. The van der Waals surface area contributed by atoms with Crippen LogP contribution in [0.25, 0.3) is 10.9 Å². The van der Waals surface area contributed by atoms with Crippen LogP contribution >= 0.6 is 11.8 Å². The monoisotopic (exact) mass is 441 g/mol. The number of hydrogen-bond acceptors (Lipinski definition) is 5. The number of rotatable bonds is 11. The van der Waals surface area contributed by atoms with E-state index in [4.69, 9.17) is 15.2 Å². The van der Waals surface area contributed by atoms with Gasteiger partial charge in [-0.05, 0) is 17.7 Å². The molecule has 0 aliphatic carbocycles. The van der Waals surface area contributed by atoms with E-state index < -0.39 is 0 Å². The molecule has 0 fully saturated rings. The molecule has 1 atom stereocenters. The number of primary amides is 1. The van der Waals surface area contributed by atoms with Gasteiger partial charge < -0.3 is 25.5 Å². The highest BCUT2D eigenvalue weighted by molar-refractivity contribution is 7.99. The minimum Gasteiger partial charge on any atom is -0.493 e. The van der Waals surface area contributed by atoms with Crippen LogP contribution < -0.4 is 20.5 Å². The van der Waals surface area contributed by atoms with Gasteiger partial charge in [0.25, 0.3) is 0 Å². The van der Waals surface area contributed by atoms with Crippen LogP contribution in [-0.2, 0) is 9.59 Å². The van der Waals surface area contributed by atoms with Crippen molar-refractivity contribution in [2.75, 3.05) is 32.3 Å². The molecule has 164 valence electrons. The standard InChI is InChI=1S/C23H27N3O4S/c1-29-20-9-5-7-16(23(20)30-2)18(13-26-22(28)10-11-31-14-21(24)27)17-12-25-19-8-4-3-6-15(17)19/h3-9,12,18,25H,10-11,13-14H2,1-2H3,(H2,24,27)(H,26,28). The second kappa shape index (κ2) is 10.8. The van der Waals surface area contributed by atoms with Crippen LogP contribution in [0.5, 0.6) is 11.5 Å². The molecule has 4 N–H and O–H groups in total. The molecule has 0 bridgehead atoms. The summed E-state index contributed by atoms with van der Waals surface area (Å²) < 4.78 is 11.2. The molecule has 3 rings (SSSR count). The van der Waals surface area contributed by atoms with Crippen LogP contribution in [-0.4, -0.2) is 49.1 Å². The maximum atomic E-state index is 12.4. The fourth-order valence-corrected chi connectivity index (χ4v) is 4.27. The van der Waals surface area contributed by atoms with Crippen molar-refractivity contribution in [3.63, 3.8) is 0 Å². The van der Waals surface area contributed by atoms with E-state index in [0.29, 0.717) is 30.2 Å². The lowest BCUT2D eigenvalue weighted by molar-refractivity contribution is -0.120. The molecule has 31 heavy (non-hydrogen) atoms. The largest absolute Gasteiger partial charge is 0.493 e. The number of aromatic nitrogens is 1. The highest BCUT2D eigenvalue weighted by atomic mass is 32.2. The normalized spacial score (nSPS) is 11.8. The Hall–Kier alpha value is -3.13. The summed E-state index contributed by atoms with van der Waals surface area (Å²) in [5.74, 6) is 1.42. The Labute approximate surface area is 185 Å². The number of carbonyl (C=O) groups excluding carboxylic acids is 2. The highest BCUT2D eigenvalue weighted by Crippen LogP contribution is 2.40. The summed E-state index contributed by atoms with van der Waals surface area (Å²) in [6.07, 6.45) is 2.29. The zero-order valence-corrected chi connectivity index (χ0v) is 18.5. The molecule has 0 aliphatic heterocycles. The van der Waals surface area contributed by atoms with Crippen molar-refractivity contribution >= 4 is 34.5 Å². The van der Waals surface area contributed by atoms with Crippen molar-refractivity contribution in [1.29, 1.82) is 0 Å². The van der Waals surface area contributed by atoms with Crippen LogP contribution in [0, 0.1) is 0 Å². The van der Waals surface area contributed by atoms with Gasteiger partial charge in [-0.15, -0.1) is 0 Å². The van der Waals surface area contributed by atoms with Crippen molar-refractivity contribution < 1.29 is 19.1 Å². The molecular formula is C23H27N3O4S. The van der Waals surface area contributed by atoms with Gasteiger partial charge in [-0.3, -0.25) is 9.59 Å². The molecular weight excluding hydrogens is 414 g/mol. The lowest BCUT2D eigenvalue weighted by Crippen LogP contribution is -2.29. The number of nitrogens with two attached hydrogens (primary N) is 1. The third-order valence-corrected chi connectivity index (χ3v) is 6.01. The number of H-pyrrole nitrogens is 1. The van der Waals surface area contributed by atoms with E-state index in [1.807, 2.05) is 42.6 Å². The highest BCUT2D eigenvalue weighted by Gasteiger charge is 2.24. The molecule has 0 spiro atoms. The van der Waals surface area contributed by atoms with Gasteiger partial charge in [0.15, 0.2) is 11.5 Å². The number of fused-ring (bicyclic) bond motifs is 1. The minimum absolute atomic E-state index is 0.0799. The van der Waals surface area contributed by atoms with Crippen molar-refractivity contribution in [1.82, 2.24) is 10.3 Å². The molecule has 1 unspecified atom stereocenters. The van der Waals surface area contributed by atoms with E-state index in [9.17, 15) is 9.59 Å². The van der Waals surface area contributed by atoms with Crippen molar-refractivity contribution in [3.8, 4) is 11.5 Å². The van der Waals surface area contributed by atoms with E-state index in [2.05, 4.69) is 16.4 Å². The average Bonchev–Trinajstić information content (AvgIpc) is 3.20. The van der Waals surface area contributed by atoms with Gasteiger partial charge in [0, 0.05) is 47.3 Å². The van der Waals surface area contributed by atoms with E-state index in [-0.39, 0.29) is 23.5 Å². The first-order valence-corrected chi connectivity index (χ1v) is 11.1. The number of carbonyl (C=O) groups is 2. The Kier molecular flexibility index (Phi) is 7.83. The van der Waals surface area contributed by atoms with Gasteiger partial charge in [0.1, 0.15) is 0 Å². The first-order chi connectivity index (χ1) is 15.0. The summed E-state index contributed by atoms with van der Waals surface area (Å²) in [6.45, 7) is 0.394. The average molecular weight is 442 g/mol. The molecule has 2 aromatic carbocycles. The third kappa shape index (κ3) is 5.52. The molecule has 0 saturated carbocycles. The molecule has 0 aliphatic rings. The van der Waals surface area contributed by atoms with Crippen LogP contribution in [0.3, 0.4) is 0 Å². The number of ether oxygens (including phenoxy) is 2. The van der Waals surface area contributed by atoms with Crippen molar-refractivity contribution in [3.05, 3.63) is 59.8 Å². The molecule has 8 heteroatoms. The number of thioether (sulfide) groups is 1. The maximum Gasteiger partial charge on any atom is 0.227 e. The third-order valence-electron chi connectivity index (χ3n) is 5.03. The summed E-state index contributed by atoms with van der Waals surface area (Å²) in [5, 5.41) is 4.12. The smallest absolute Gasteiger partial charge is 0.227 e. The zero-order valence-electron chi connectivity index (χ0n) is 17.6. The Morgan fingerprint density at radius 2 is 1.90 bits per heavy atom. The van der Waals surface area contributed by atoms with Crippen LogP contribution in [0.2, 0.25) is 0 Å². The number of nitrogens with one attached hydrogen (secondary N) is 2. The first kappa shape index (κ1) is 22.6. The summed E-state index contributed by atoms with van der Waals surface area (Å²) in [7, 11) is 3.22. The predicted octanol–water partition coefficient (Wildman–Crippen LogP) is 3.04. The predicted molar refractivity (Wildman–Crippen MR) is 124 cm³/mol. The Bertz CT molecular complexity index is 1050. The quantitative estimate of drug-likeness (QED) is 0.397. The zero-order chi connectivity index (χ0) is 22.2. The van der Waals surface area contributed by atoms with E-state index in [1.165, 1.54) is 11.8 Å². The molecule has 1 aromatic heterocycles. The van der Waals surface area contributed by atoms with E-state index in [1.54, 1.807) is 14.2 Å². The van der Waals surface area contributed by atoms with Crippen LogP contribution in [0.15, 0.2) is 48.7 Å². The molecule has 0 saturated heterocycles. The van der Waals surface area contributed by atoms with Crippen LogP contribution in [0.1, 0.15) is 23.5 Å². The maximum absolute atomic E-state index is 12.4. The molecule has 7 nitrogen and oxygen atoms in total. The van der Waals surface area contributed by atoms with Crippen LogP contribution in [0.4, 0.5) is 0 Å². The lowest BCUT2D eigenvalue weighted by Gasteiger charge is -2.22. The Balaban J connectivity index is 1.86. The summed E-state index contributed by atoms with van der Waals surface area (Å²) in [5.41, 5.74) is 8.15. The Morgan fingerprint density at radius 3 is 2.65 bits per heavy atom. The number of para-hydroxylation sites is 2. The van der Waals surface area contributed by atoms with Gasteiger partial charge in [-0.1, -0.05) is 30.3 Å². The summed E-state index contributed by atoms with van der Waals surface area (Å²) in [6, 6.07) is 13.8. The number of amides is 2. The van der Waals surface area contributed by atoms with E-state index in [0.717, 1.165) is 22.0 Å². The van der Waals surface area contributed by atoms with Gasteiger partial charge in [0.2, 0.25) is 11.8 Å². The SMILES string of the molecule is COc1cccc(C(CNC(=O)CCSCC(N)=O)c2c[nH]c3ccccc23)c1OC. The molecule has 1 heterocycles. The molecule has 2 amide bonds. The van der Waals surface area contributed by atoms with Gasteiger partial charge in [-0.2, -0.15) is 11.8 Å². The van der Waals surface area contributed by atoms with Crippen molar-refractivity contribution in [2.24, 2.45) is 5.73 Å². The van der Waals surface area contributed by atoms with Gasteiger partial charge in [0.05, 0.1) is 20.0 Å². The van der Waals surface area contributed by atoms with Gasteiger partial charge in [-0.25, -0.2) is 0 Å². The lowest BCUT2D eigenvalue weighted by atomic mass is 9.89. The summed E-state index contributed by atoms with van der Waals surface area (Å²) in [4.78, 5) is 26.6. The second-order valence-electron chi connectivity index (χ2n) is 7.00. The van der Waals surface area contributed by atoms with Gasteiger partial charge >= 0.3 is 0 Å². The fraction of sp³-hybridized carbons (Fsp3) is 0.304. The summed E-state index contributed by atoms with van der Waals surface area (Å²) >= 11 is 1.35. The number of methoxy groups -OCH3 is 2. The topological polar surface area (TPSA) is 106 Å². The molecule has 3 aromatic rings. The minimum atomic E-state index is -0.380. The second-order valence-corrected chi connectivity index (χ2v) is 8.10. The first-order valence-electron chi connectivity index (χ1n) is 9.94. The number of hydrogen-bond donors (Lipinski definition) is 3. The number of benzene rings is 2. The number of aromatic amines is 1. The Morgan fingerprint density at radius 1 is 1.10 bits per heavy atom.